The first kappa shape index (κ1) is 19.0. The Hall–Kier alpha value is -2.33. The number of benzene rings is 2. The molecule has 0 fully saturated rings. The Kier molecular flexibility index (Phi) is 7.48. The lowest BCUT2D eigenvalue weighted by Crippen LogP contribution is -2.30. The molecule has 0 spiro atoms. The van der Waals surface area contributed by atoms with Gasteiger partial charge in [0.2, 0.25) is 5.91 Å². The Morgan fingerprint density at radius 3 is 2.36 bits per heavy atom. The standard InChI is InChI=1S/C21H28N2O2/c1-4-23(17(2)3)20-12-10-19(11-13-20)22-21(24)14-15-25-16-18-8-6-5-7-9-18/h5-13,17H,4,14-16H2,1-3H3,(H,22,24). The van der Waals surface area contributed by atoms with Crippen LogP contribution in [-0.4, -0.2) is 25.1 Å². The zero-order valence-electron chi connectivity index (χ0n) is 15.4. The number of ether oxygens (including phenoxy) is 1. The number of hydrogen-bond acceptors (Lipinski definition) is 3. The Bertz CT molecular complexity index is 639. The number of nitrogens with zero attached hydrogens (tertiary/aromatic N) is 1. The minimum atomic E-state index is -0.0305. The number of anilines is 2. The topological polar surface area (TPSA) is 41.6 Å². The summed E-state index contributed by atoms with van der Waals surface area (Å²) in [6.45, 7) is 8.40. The number of nitrogens with one attached hydrogen (secondary N) is 1. The van der Waals surface area contributed by atoms with E-state index in [1.54, 1.807) is 0 Å². The van der Waals surface area contributed by atoms with Crippen LogP contribution in [0, 0.1) is 0 Å². The molecule has 0 aliphatic carbocycles. The van der Waals surface area contributed by atoms with Crippen LogP contribution in [0.15, 0.2) is 54.6 Å². The lowest BCUT2D eigenvalue weighted by molar-refractivity contribution is -0.117. The normalized spacial score (nSPS) is 10.7. The third-order valence-corrected chi connectivity index (χ3v) is 4.03. The van der Waals surface area contributed by atoms with Gasteiger partial charge >= 0.3 is 0 Å². The number of carbonyl (C=O) groups excluding carboxylic acids is 1. The summed E-state index contributed by atoms with van der Waals surface area (Å²) in [5.41, 5.74) is 3.10. The Morgan fingerprint density at radius 1 is 1.08 bits per heavy atom. The highest BCUT2D eigenvalue weighted by atomic mass is 16.5. The van der Waals surface area contributed by atoms with Crippen LogP contribution in [0.25, 0.3) is 0 Å². The Morgan fingerprint density at radius 2 is 1.76 bits per heavy atom. The molecule has 2 aromatic carbocycles. The molecule has 0 bridgehead atoms. The van der Waals surface area contributed by atoms with Gasteiger partial charge in [-0.3, -0.25) is 4.79 Å². The predicted octanol–water partition coefficient (Wildman–Crippen LogP) is 4.47. The van der Waals surface area contributed by atoms with Crippen molar-refractivity contribution in [3.63, 3.8) is 0 Å². The third kappa shape index (κ3) is 6.24. The van der Waals surface area contributed by atoms with Crippen molar-refractivity contribution in [1.29, 1.82) is 0 Å². The van der Waals surface area contributed by atoms with Gasteiger partial charge in [-0.05, 0) is 50.6 Å². The van der Waals surface area contributed by atoms with Crippen molar-refractivity contribution in [2.75, 3.05) is 23.4 Å². The zero-order valence-corrected chi connectivity index (χ0v) is 15.4. The average molecular weight is 340 g/mol. The molecule has 2 rings (SSSR count). The molecule has 0 aromatic heterocycles. The van der Waals surface area contributed by atoms with Crippen LogP contribution < -0.4 is 10.2 Å². The fourth-order valence-corrected chi connectivity index (χ4v) is 2.73. The summed E-state index contributed by atoms with van der Waals surface area (Å²) in [4.78, 5) is 14.3. The smallest absolute Gasteiger partial charge is 0.226 e. The first-order chi connectivity index (χ1) is 12.1. The van der Waals surface area contributed by atoms with E-state index in [1.807, 2.05) is 54.6 Å². The number of carbonyl (C=O) groups is 1. The van der Waals surface area contributed by atoms with Crippen molar-refractivity contribution < 1.29 is 9.53 Å². The Labute approximate surface area is 150 Å². The minimum Gasteiger partial charge on any atom is -0.376 e. The van der Waals surface area contributed by atoms with Gasteiger partial charge in [0.15, 0.2) is 0 Å². The predicted molar refractivity (Wildman–Crippen MR) is 104 cm³/mol. The van der Waals surface area contributed by atoms with Gasteiger partial charge < -0.3 is 15.0 Å². The molecular formula is C21H28N2O2. The van der Waals surface area contributed by atoms with Crippen LogP contribution in [0.5, 0.6) is 0 Å². The molecule has 0 saturated carbocycles. The second-order valence-electron chi connectivity index (χ2n) is 6.26. The summed E-state index contributed by atoms with van der Waals surface area (Å²) in [5.74, 6) is -0.0305. The van der Waals surface area contributed by atoms with Crippen LogP contribution in [0.1, 0.15) is 32.8 Å². The van der Waals surface area contributed by atoms with Gasteiger partial charge in [-0.1, -0.05) is 30.3 Å². The molecule has 0 unspecified atom stereocenters. The maximum absolute atomic E-state index is 12.0. The van der Waals surface area contributed by atoms with Crippen molar-refractivity contribution in [3.8, 4) is 0 Å². The minimum absolute atomic E-state index is 0.0305. The van der Waals surface area contributed by atoms with Crippen LogP contribution in [-0.2, 0) is 16.1 Å². The van der Waals surface area contributed by atoms with E-state index < -0.39 is 0 Å². The molecule has 25 heavy (non-hydrogen) atoms. The first-order valence-electron chi connectivity index (χ1n) is 8.88. The number of rotatable bonds is 9. The van der Waals surface area contributed by atoms with Crippen molar-refractivity contribution in [2.45, 2.75) is 39.8 Å². The van der Waals surface area contributed by atoms with Gasteiger partial charge in [0, 0.05) is 24.0 Å². The fraction of sp³-hybridized carbons (Fsp3) is 0.381. The van der Waals surface area contributed by atoms with Gasteiger partial charge in [0.1, 0.15) is 0 Å². The molecule has 0 heterocycles. The quantitative estimate of drug-likeness (QED) is 0.685. The molecule has 1 N–H and O–H groups in total. The van der Waals surface area contributed by atoms with E-state index in [1.165, 1.54) is 5.69 Å². The average Bonchev–Trinajstić information content (AvgIpc) is 2.61. The van der Waals surface area contributed by atoms with Gasteiger partial charge in [-0.25, -0.2) is 0 Å². The van der Waals surface area contributed by atoms with Gasteiger partial charge in [-0.15, -0.1) is 0 Å². The summed E-state index contributed by atoms with van der Waals surface area (Å²) in [7, 11) is 0. The maximum Gasteiger partial charge on any atom is 0.226 e. The van der Waals surface area contributed by atoms with Crippen molar-refractivity contribution in [2.24, 2.45) is 0 Å². The van der Waals surface area contributed by atoms with E-state index in [-0.39, 0.29) is 5.91 Å². The summed E-state index contributed by atoms with van der Waals surface area (Å²) >= 11 is 0. The van der Waals surface area contributed by atoms with Crippen molar-refractivity contribution >= 4 is 17.3 Å². The van der Waals surface area contributed by atoms with Gasteiger partial charge in [0.25, 0.3) is 0 Å². The molecule has 0 radical (unpaired) electrons. The molecule has 0 saturated heterocycles. The second kappa shape index (κ2) is 9.84. The largest absolute Gasteiger partial charge is 0.376 e. The number of amides is 1. The van der Waals surface area contributed by atoms with E-state index in [0.717, 1.165) is 17.8 Å². The molecule has 134 valence electrons. The summed E-state index contributed by atoms with van der Waals surface area (Å²) in [6.07, 6.45) is 0.349. The molecule has 4 heteroatoms. The lowest BCUT2D eigenvalue weighted by Gasteiger charge is -2.27. The van der Waals surface area contributed by atoms with Crippen molar-refractivity contribution in [1.82, 2.24) is 0 Å². The Balaban J connectivity index is 1.75. The molecule has 0 aliphatic heterocycles. The molecule has 1 amide bonds. The zero-order chi connectivity index (χ0) is 18.1. The summed E-state index contributed by atoms with van der Waals surface area (Å²) in [5, 5.41) is 2.92. The second-order valence-corrected chi connectivity index (χ2v) is 6.26. The molecular weight excluding hydrogens is 312 g/mol. The molecule has 0 atom stereocenters. The molecule has 4 nitrogen and oxygen atoms in total. The van der Waals surface area contributed by atoms with E-state index >= 15 is 0 Å². The lowest BCUT2D eigenvalue weighted by atomic mass is 10.2. The van der Waals surface area contributed by atoms with Crippen LogP contribution in [0.2, 0.25) is 0 Å². The third-order valence-electron chi connectivity index (χ3n) is 4.03. The van der Waals surface area contributed by atoms with E-state index in [4.69, 9.17) is 4.74 Å². The monoisotopic (exact) mass is 340 g/mol. The highest BCUT2D eigenvalue weighted by molar-refractivity contribution is 5.90. The number of hydrogen-bond donors (Lipinski definition) is 1. The SMILES string of the molecule is CCN(c1ccc(NC(=O)CCOCc2ccccc2)cc1)C(C)C. The highest BCUT2D eigenvalue weighted by Crippen LogP contribution is 2.20. The highest BCUT2D eigenvalue weighted by Gasteiger charge is 2.08. The van der Waals surface area contributed by atoms with Crippen molar-refractivity contribution in [3.05, 3.63) is 60.2 Å². The van der Waals surface area contributed by atoms with Crippen LogP contribution in [0.3, 0.4) is 0 Å². The maximum atomic E-state index is 12.0. The van der Waals surface area contributed by atoms with E-state index in [9.17, 15) is 4.79 Å². The summed E-state index contributed by atoms with van der Waals surface area (Å²) < 4.78 is 5.55. The molecule has 0 aliphatic rings. The fourth-order valence-electron chi connectivity index (χ4n) is 2.73. The van der Waals surface area contributed by atoms with Gasteiger partial charge in [0.05, 0.1) is 19.6 Å². The van der Waals surface area contributed by atoms with Crippen LogP contribution >= 0.6 is 0 Å². The van der Waals surface area contributed by atoms with E-state index in [2.05, 4.69) is 31.0 Å². The first-order valence-corrected chi connectivity index (χ1v) is 8.88. The van der Waals surface area contributed by atoms with Gasteiger partial charge in [-0.2, -0.15) is 0 Å². The van der Waals surface area contributed by atoms with Crippen LogP contribution in [0.4, 0.5) is 11.4 Å². The van der Waals surface area contributed by atoms with E-state index in [0.29, 0.717) is 25.7 Å². The molecule has 2 aromatic rings. The summed E-state index contributed by atoms with van der Waals surface area (Å²) in [6, 6.07) is 18.4.